The summed E-state index contributed by atoms with van der Waals surface area (Å²) in [4.78, 5) is 22.2. The third kappa shape index (κ3) is 1.14. The van der Waals surface area contributed by atoms with Crippen molar-refractivity contribution in [2.45, 2.75) is 6.92 Å². The van der Waals surface area contributed by atoms with Gasteiger partial charge in [-0.25, -0.2) is 14.8 Å². The molecule has 0 bridgehead atoms. The lowest BCUT2D eigenvalue weighted by atomic mass is 10.1. The zero-order chi connectivity index (χ0) is 10.1. The maximum atomic E-state index is 11.3. The summed E-state index contributed by atoms with van der Waals surface area (Å²) in [6.07, 6.45) is 3.02. The van der Waals surface area contributed by atoms with E-state index in [1.807, 2.05) is 6.92 Å². The van der Waals surface area contributed by atoms with Gasteiger partial charge >= 0.3 is 5.97 Å². The van der Waals surface area contributed by atoms with E-state index in [1.165, 1.54) is 13.3 Å². The fourth-order valence-corrected chi connectivity index (χ4v) is 1.33. The molecule has 0 aliphatic carbocycles. The molecule has 0 unspecified atom stereocenters. The van der Waals surface area contributed by atoms with Gasteiger partial charge in [-0.15, -0.1) is 0 Å². The van der Waals surface area contributed by atoms with Gasteiger partial charge in [0.05, 0.1) is 24.5 Å². The Balaban J connectivity index is 2.67. The SMILES string of the molecule is COC(=O)c1cnc2nc[nH]c2c1C. The molecule has 0 aliphatic rings. The summed E-state index contributed by atoms with van der Waals surface area (Å²) in [5.41, 5.74) is 2.65. The molecule has 0 fully saturated rings. The molecule has 0 amide bonds. The number of H-pyrrole nitrogens is 1. The molecule has 0 atom stereocenters. The highest BCUT2D eigenvalue weighted by Crippen LogP contribution is 2.16. The summed E-state index contributed by atoms with van der Waals surface area (Å²) in [5, 5.41) is 0. The van der Waals surface area contributed by atoms with Crippen molar-refractivity contribution in [2.24, 2.45) is 0 Å². The van der Waals surface area contributed by atoms with Gasteiger partial charge in [0.2, 0.25) is 0 Å². The van der Waals surface area contributed by atoms with Crippen LogP contribution in [-0.2, 0) is 4.74 Å². The number of imidazole rings is 1. The van der Waals surface area contributed by atoms with Crippen LogP contribution in [-0.4, -0.2) is 28.0 Å². The van der Waals surface area contributed by atoms with Gasteiger partial charge in [0, 0.05) is 6.20 Å². The van der Waals surface area contributed by atoms with E-state index in [2.05, 4.69) is 19.7 Å². The monoisotopic (exact) mass is 191 g/mol. The second kappa shape index (κ2) is 3.10. The van der Waals surface area contributed by atoms with Crippen LogP contribution in [0.25, 0.3) is 11.2 Å². The maximum absolute atomic E-state index is 11.3. The first-order valence-electron chi connectivity index (χ1n) is 4.11. The van der Waals surface area contributed by atoms with E-state index in [0.29, 0.717) is 11.2 Å². The minimum atomic E-state index is -0.383. The van der Waals surface area contributed by atoms with Crippen LogP contribution in [0.3, 0.4) is 0 Å². The largest absolute Gasteiger partial charge is 0.465 e. The number of hydrogen-bond acceptors (Lipinski definition) is 4. The fraction of sp³-hybridized carbons (Fsp3) is 0.222. The number of methoxy groups -OCH3 is 1. The lowest BCUT2D eigenvalue weighted by Gasteiger charge is -2.02. The van der Waals surface area contributed by atoms with Crippen LogP contribution in [0.1, 0.15) is 15.9 Å². The number of aromatic amines is 1. The number of nitrogens with one attached hydrogen (secondary N) is 1. The number of ether oxygens (including phenoxy) is 1. The van der Waals surface area contributed by atoms with Crippen LogP contribution in [0.4, 0.5) is 0 Å². The average molecular weight is 191 g/mol. The van der Waals surface area contributed by atoms with Crippen LogP contribution in [0.2, 0.25) is 0 Å². The molecule has 0 radical (unpaired) electrons. The number of nitrogens with zero attached hydrogens (tertiary/aromatic N) is 2. The van der Waals surface area contributed by atoms with Crippen molar-refractivity contribution in [3.63, 3.8) is 0 Å². The molecule has 0 spiro atoms. The Kier molecular flexibility index (Phi) is 1.92. The first-order valence-corrected chi connectivity index (χ1v) is 4.11. The molecule has 2 rings (SSSR count). The second-order valence-electron chi connectivity index (χ2n) is 2.89. The first-order chi connectivity index (χ1) is 6.74. The molecule has 1 N–H and O–H groups in total. The smallest absolute Gasteiger partial charge is 0.339 e. The van der Waals surface area contributed by atoms with Gasteiger partial charge in [0.1, 0.15) is 0 Å². The van der Waals surface area contributed by atoms with Gasteiger partial charge in [-0.3, -0.25) is 0 Å². The van der Waals surface area contributed by atoms with Crippen LogP contribution in [0.15, 0.2) is 12.5 Å². The average Bonchev–Trinajstić information content (AvgIpc) is 2.66. The Bertz CT molecular complexity index is 490. The van der Waals surface area contributed by atoms with Gasteiger partial charge in [-0.2, -0.15) is 0 Å². The van der Waals surface area contributed by atoms with Crippen molar-refractivity contribution in [3.05, 3.63) is 23.7 Å². The Morgan fingerprint density at radius 1 is 1.50 bits per heavy atom. The molecule has 14 heavy (non-hydrogen) atoms. The Hall–Kier alpha value is -1.91. The van der Waals surface area contributed by atoms with Crippen LogP contribution < -0.4 is 0 Å². The Morgan fingerprint density at radius 3 is 3.00 bits per heavy atom. The Morgan fingerprint density at radius 2 is 2.29 bits per heavy atom. The lowest BCUT2D eigenvalue weighted by Crippen LogP contribution is -2.04. The molecule has 5 heteroatoms. The van der Waals surface area contributed by atoms with Crippen LogP contribution in [0.5, 0.6) is 0 Å². The lowest BCUT2D eigenvalue weighted by molar-refractivity contribution is 0.0599. The van der Waals surface area contributed by atoms with E-state index in [0.717, 1.165) is 11.1 Å². The zero-order valence-corrected chi connectivity index (χ0v) is 7.87. The molecule has 5 nitrogen and oxygen atoms in total. The van der Waals surface area contributed by atoms with E-state index in [9.17, 15) is 4.79 Å². The van der Waals surface area contributed by atoms with Crippen molar-refractivity contribution in [1.82, 2.24) is 15.0 Å². The Labute approximate surface area is 80.1 Å². The molecule has 2 aromatic heterocycles. The summed E-state index contributed by atoms with van der Waals surface area (Å²) >= 11 is 0. The predicted molar refractivity (Wildman–Crippen MR) is 50.0 cm³/mol. The third-order valence-electron chi connectivity index (χ3n) is 2.12. The number of carbonyl (C=O) groups is 1. The zero-order valence-electron chi connectivity index (χ0n) is 7.87. The van der Waals surface area contributed by atoms with E-state index >= 15 is 0 Å². The van der Waals surface area contributed by atoms with Gasteiger partial charge in [0.25, 0.3) is 0 Å². The summed E-state index contributed by atoms with van der Waals surface area (Å²) in [7, 11) is 1.35. The predicted octanol–water partition coefficient (Wildman–Crippen LogP) is 1.05. The van der Waals surface area contributed by atoms with Crippen molar-refractivity contribution in [1.29, 1.82) is 0 Å². The molecule has 2 aromatic rings. The number of rotatable bonds is 1. The highest BCUT2D eigenvalue weighted by molar-refractivity contribution is 5.94. The van der Waals surface area contributed by atoms with Gasteiger partial charge in [-0.05, 0) is 12.5 Å². The number of aryl methyl sites for hydroxylation is 1. The van der Waals surface area contributed by atoms with Gasteiger partial charge < -0.3 is 9.72 Å². The first kappa shape index (κ1) is 8.68. The van der Waals surface area contributed by atoms with E-state index in [1.54, 1.807) is 6.33 Å². The summed E-state index contributed by atoms with van der Waals surface area (Å²) < 4.78 is 4.63. The van der Waals surface area contributed by atoms with Crippen LogP contribution >= 0.6 is 0 Å². The topological polar surface area (TPSA) is 67.9 Å². The van der Waals surface area contributed by atoms with Crippen molar-refractivity contribution >= 4 is 17.1 Å². The number of hydrogen-bond donors (Lipinski definition) is 1. The quantitative estimate of drug-likeness (QED) is 0.684. The molecule has 0 saturated carbocycles. The minimum absolute atomic E-state index is 0.383. The molecular weight excluding hydrogens is 182 g/mol. The maximum Gasteiger partial charge on any atom is 0.339 e. The fourth-order valence-electron chi connectivity index (χ4n) is 1.33. The summed E-state index contributed by atoms with van der Waals surface area (Å²) in [6, 6.07) is 0. The van der Waals surface area contributed by atoms with E-state index in [4.69, 9.17) is 0 Å². The normalized spacial score (nSPS) is 10.4. The third-order valence-corrected chi connectivity index (χ3v) is 2.12. The molecule has 72 valence electrons. The van der Waals surface area contributed by atoms with E-state index < -0.39 is 0 Å². The number of carbonyl (C=O) groups excluding carboxylic acids is 1. The second-order valence-corrected chi connectivity index (χ2v) is 2.89. The summed E-state index contributed by atoms with van der Waals surface area (Å²) in [5.74, 6) is -0.383. The van der Waals surface area contributed by atoms with Gasteiger partial charge in [0.15, 0.2) is 5.65 Å². The standard InChI is InChI=1S/C9H9N3O2/c1-5-6(9(13)14-2)3-10-8-7(5)11-4-12-8/h3-4H,1-2H3,(H,10,11,12). The molecular formula is C9H9N3O2. The number of aromatic nitrogens is 3. The van der Waals surface area contributed by atoms with Gasteiger partial charge in [-0.1, -0.05) is 0 Å². The van der Waals surface area contributed by atoms with Crippen LogP contribution in [0, 0.1) is 6.92 Å². The van der Waals surface area contributed by atoms with Crippen molar-refractivity contribution < 1.29 is 9.53 Å². The highest BCUT2D eigenvalue weighted by Gasteiger charge is 2.13. The highest BCUT2D eigenvalue weighted by atomic mass is 16.5. The van der Waals surface area contributed by atoms with Crippen molar-refractivity contribution in [3.8, 4) is 0 Å². The molecule has 0 aliphatic heterocycles. The number of pyridine rings is 1. The van der Waals surface area contributed by atoms with E-state index in [-0.39, 0.29) is 5.97 Å². The molecule has 2 heterocycles. The summed E-state index contributed by atoms with van der Waals surface area (Å²) in [6.45, 7) is 1.83. The molecule has 0 aromatic carbocycles. The van der Waals surface area contributed by atoms with Crippen molar-refractivity contribution in [2.75, 3.05) is 7.11 Å². The number of fused-ring (bicyclic) bond motifs is 1. The molecule has 0 saturated heterocycles. The minimum Gasteiger partial charge on any atom is -0.465 e. The number of esters is 1.